The number of aliphatic hydroxyl groups is 2. The third-order valence-electron chi connectivity index (χ3n) is 9.50. The zero-order chi connectivity index (χ0) is 40.7. The van der Waals surface area contributed by atoms with Gasteiger partial charge in [-0.3, -0.25) is 14.3 Å². The van der Waals surface area contributed by atoms with Crippen molar-refractivity contribution >= 4 is 34.8 Å². The van der Waals surface area contributed by atoms with Gasteiger partial charge in [0.2, 0.25) is 11.7 Å². The molecule has 0 unspecified atom stereocenters. The molecular weight excluding hydrogens is 749 g/mol. The van der Waals surface area contributed by atoms with E-state index in [0.717, 1.165) is 11.1 Å². The molecule has 302 valence electrons. The number of carbonyl (C=O) groups is 3. The number of fused-ring (bicyclic) bond motifs is 1. The van der Waals surface area contributed by atoms with Crippen LogP contribution in [0.25, 0.3) is 11.2 Å². The summed E-state index contributed by atoms with van der Waals surface area (Å²) in [5, 5.41) is 35.6. The summed E-state index contributed by atoms with van der Waals surface area (Å²) in [6, 6.07) is 18.1. The summed E-state index contributed by atoms with van der Waals surface area (Å²) in [5.74, 6) is -3.13. The summed E-state index contributed by atoms with van der Waals surface area (Å²) in [7, 11) is 3.57. The minimum atomic E-state index is -5.15. The molecule has 0 spiro atoms. The zero-order valence-corrected chi connectivity index (χ0v) is 31.1. The fourth-order valence-electron chi connectivity index (χ4n) is 6.71. The Balaban J connectivity index is 1.26. The first-order valence-corrected chi connectivity index (χ1v) is 18.2. The molecule has 6 rings (SSSR count). The molecule has 0 radical (unpaired) electrons. The fraction of sp³-hybridized carbons (Fsp3) is 0.395. The molecule has 1 saturated carbocycles. The van der Waals surface area contributed by atoms with Crippen molar-refractivity contribution in [3.05, 3.63) is 102 Å². The maximum Gasteiger partial charge on any atom is 0.490 e. The van der Waals surface area contributed by atoms with E-state index in [4.69, 9.17) is 0 Å². The average molecular weight is 793 g/mol. The summed E-state index contributed by atoms with van der Waals surface area (Å²) in [6.07, 6.45) is -3.43. The van der Waals surface area contributed by atoms with Gasteiger partial charge < -0.3 is 40.4 Å². The van der Waals surface area contributed by atoms with Gasteiger partial charge in [0.05, 0.1) is 31.2 Å². The van der Waals surface area contributed by atoms with E-state index >= 15 is 0 Å². The minimum Gasteiger partial charge on any atom is -0.454 e. The van der Waals surface area contributed by atoms with Crippen molar-refractivity contribution in [3.8, 4) is 0 Å². The number of carbonyl (C=O) groups excluding carboxylic acids is 3. The first-order chi connectivity index (χ1) is 27.3. The van der Waals surface area contributed by atoms with Gasteiger partial charge in [-0.25, -0.2) is 19.7 Å². The second kappa shape index (κ2) is 17.9. The highest BCUT2D eigenvalue weighted by molar-refractivity contribution is 5.94. The lowest BCUT2D eigenvalue weighted by Crippen LogP contribution is -2.35. The minimum absolute atomic E-state index is 0.0785. The smallest absolute Gasteiger partial charge is 0.454 e. The van der Waals surface area contributed by atoms with Gasteiger partial charge in [-0.1, -0.05) is 60.7 Å². The number of likely N-dealkylation sites (N-methyl/N-ethyl adjacent to an activating group) is 1. The molecule has 16 nitrogen and oxygen atoms in total. The number of anilines is 1. The van der Waals surface area contributed by atoms with Crippen LogP contribution in [0.4, 0.5) is 19.0 Å². The molecule has 5 aromatic rings. The van der Waals surface area contributed by atoms with Gasteiger partial charge in [-0.15, -0.1) is 0 Å². The molecule has 4 atom stereocenters. The number of imidazole rings is 1. The summed E-state index contributed by atoms with van der Waals surface area (Å²) in [5.41, 5.74) is 2.72. The maximum absolute atomic E-state index is 13.5. The molecule has 3 heterocycles. The predicted octanol–water partition coefficient (Wildman–Crippen LogP) is 2.58. The molecule has 19 heteroatoms. The number of aromatic nitrogens is 6. The Labute approximate surface area is 325 Å². The highest BCUT2D eigenvalue weighted by Gasteiger charge is 2.45. The molecule has 0 saturated heterocycles. The van der Waals surface area contributed by atoms with Crippen LogP contribution >= 0.6 is 0 Å². The van der Waals surface area contributed by atoms with E-state index in [1.807, 2.05) is 60.7 Å². The largest absolute Gasteiger partial charge is 0.490 e. The number of nitrogens with zero attached hydrogens (tertiary/aromatic N) is 7. The van der Waals surface area contributed by atoms with Crippen LogP contribution < -0.4 is 16.0 Å². The van der Waals surface area contributed by atoms with Gasteiger partial charge in [0.25, 0.3) is 5.91 Å². The number of alkyl halides is 3. The summed E-state index contributed by atoms with van der Waals surface area (Å²) in [4.78, 5) is 52.2. The molecule has 1 fully saturated rings. The molecule has 0 bridgehead atoms. The van der Waals surface area contributed by atoms with Crippen LogP contribution in [-0.4, -0.2) is 121 Å². The van der Waals surface area contributed by atoms with E-state index in [1.165, 1.54) is 23.4 Å². The van der Waals surface area contributed by atoms with Gasteiger partial charge in [-0.2, -0.15) is 18.3 Å². The van der Waals surface area contributed by atoms with Gasteiger partial charge in [0, 0.05) is 37.3 Å². The van der Waals surface area contributed by atoms with Crippen molar-refractivity contribution < 1.29 is 42.5 Å². The highest BCUT2D eigenvalue weighted by Crippen LogP contribution is 2.40. The maximum atomic E-state index is 13.5. The van der Waals surface area contributed by atoms with Crippen LogP contribution in [0.3, 0.4) is 0 Å². The van der Waals surface area contributed by atoms with Crippen molar-refractivity contribution in [2.45, 2.75) is 55.8 Å². The molecule has 2 aromatic carbocycles. The van der Waals surface area contributed by atoms with Crippen molar-refractivity contribution in [1.82, 2.24) is 44.8 Å². The number of rotatable bonds is 16. The first-order valence-electron chi connectivity index (χ1n) is 18.2. The molecule has 5 N–H and O–H groups in total. The second-order valence-electron chi connectivity index (χ2n) is 13.9. The highest BCUT2D eigenvalue weighted by atomic mass is 19.4. The molecule has 3 aromatic heterocycles. The van der Waals surface area contributed by atoms with Crippen LogP contribution in [0.5, 0.6) is 0 Å². The van der Waals surface area contributed by atoms with Gasteiger partial charge >= 0.3 is 12.1 Å². The molecule has 2 amide bonds. The van der Waals surface area contributed by atoms with Crippen LogP contribution in [0.2, 0.25) is 0 Å². The van der Waals surface area contributed by atoms with E-state index in [0.29, 0.717) is 25.0 Å². The Bertz CT molecular complexity index is 2110. The number of ether oxygens (including phenoxy) is 1. The third kappa shape index (κ3) is 9.91. The first kappa shape index (κ1) is 40.7. The standard InChI is InChI=1S/C38H43F3N10O6/c1-49(2)20-29(52)42-14-9-15-43-36(55)34-47-33(44-18-26(24-10-5-3-6-11-24)25-12-7-4-8-13-25)30-35(48-34)50(22-45-30)27-16-28(32(54)31(27)53)51-19-23(17-46-51)21-57-37(56)38(39,40)41/h3-8,10-13,17,19,22,26-28,31-32,53-54H,9,14-16,18,20-21H2,1-2H3,(H,42,52)(H,43,55)(H,44,47,48)/t27-,28+,31+,32-/m1/s1. The number of aliphatic hydroxyl groups excluding tert-OH is 2. The Morgan fingerprint density at radius 3 is 2.25 bits per heavy atom. The Kier molecular flexibility index (Phi) is 12.8. The lowest BCUT2D eigenvalue weighted by molar-refractivity contribution is -0.201. The van der Waals surface area contributed by atoms with Crippen LogP contribution in [0, 0.1) is 0 Å². The molecule has 1 aliphatic carbocycles. The number of esters is 1. The molecule has 57 heavy (non-hydrogen) atoms. The number of amides is 2. The van der Waals surface area contributed by atoms with Gasteiger partial charge in [0.1, 0.15) is 24.3 Å². The Hall–Kier alpha value is -5.92. The van der Waals surface area contributed by atoms with Crippen LogP contribution in [0.15, 0.2) is 79.4 Å². The average Bonchev–Trinajstić information content (AvgIpc) is 3.91. The van der Waals surface area contributed by atoms with Gasteiger partial charge in [0.15, 0.2) is 11.5 Å². The van der Waals surface area contributed by atoms with E-state index in [1.54, 1.807) is 23.6 Å². The fourth-order valence-corrected chi connectivity index (χ4v) is 6.71. The van der Waals surface area contributed by atoms with Crippen molar-refractivity contribution in [2.75, 3.05) is 45.6 Å². The topological polar surface area (TPSA) is 202 Å². The van der Waals surface area contributed by atoms with Crippen molar-refractivity contribution in [2.24, 2.45) is 0 Å². The van der Waals surface area contributed by atoms with E-state index in [9.17, 15) is 37.8 Å². The number of benzene rings is 2. The monoisotopic (exact) mass is 792 g/mol. The summed E-state index contributed by atoms with van der Waals surface area (Å²) in [6.45, 7) is 0.445. The lowest BCUT2D eigenvalue weighted by atomic mass is 9.91. The number of nitrogens with one attached hydrogen (secondary N) is 3. The van der Waals surface area contributed by atoms with Crippen molar-refractivity contribution in [1.29, 1.82) is 0 Å². The van der Waals surface area contributed by atoms with Gasteiger partial charge in [-0.05, 0) is 38.1 Å². The van der Waals surface area contributed by atoms with E-state index in [-0.39, 0.29) is 54.2 Å². The molecule has 0 aliphatic heterocycles. The van der Waals surface area contributed by atoms with Crippen molar-refractivity contribution in [3.63, 3.8) is 0 Å². The number of hydrogen-bond donors (Lipinski definition) is 5. The quantitative estimate of drug-likeness (QED) is 0.0724. The summed E-state index contributed by atoms with van der Waals surface area (Å²) < 4.78 is 45.0. The molecular formula is C38H43F3N10O6. The van der Waals surface area contributed by atoms with E-state index in [2.05, 4.69) is 40.7 Å². The normalized spacial score (nSPS) is 18.3. The summed E-state index contributed by atoms with van der Waals surface area (Å²) >= 11 is 0. The zero-order valence-electron chi connectivity index (χ0n) is 31.1. The Morgan fingerprint density at radius 2 is 1.60 bits per heavy atom. The second-order valence-corrected chi connectivity index (χ2v) is 13.9. The van der Waals surface area contributed by atoms with E-state index < -0.39 is 49.0 Å². The number of halogens is 3. The van der Waals surface area contributed by atoms with Crippen LogP contribution in [0.1, 0.15) is 58.2 Å². The predicted molar refractivity (Wildman–Crippen MR) is 200 cm³/mol. The third-order valence-corrected chi connectivity index (χ3v) is 9.50. The Morgan fingerprint density at radius 1 is 0.947 bits per heavy atom. The number of hydrogen-bond acceptors (Lipinski definition) is 12. The molecule has 1 aliphatic rings. The lowest BCUT2D eigenvalue weighted by Gasteiger charge is -2.20. The SMILES string of the molecule is CN(C)CC(=O)NCCCNC(=O)c1nc(NCC(c2ccccc2)c2ccccc2)c2ncn([C@@H]3C[C@H](n4cc(COC(=O)C(F)(F)F)cn4)[C@@H](O)[C@H]3O)c2n1. The van der Waals surface area contributed by atoms with Crippen LogP contribution in [-0.2, 0) is 20.9 Å².